The molecule has 0 radical (unpaired) electrons. The minimum atomic E-state index is -6.26. The molecule has 0 bridgehead atoms. The van der Waals surface area contributed by atoms with Gasteiger partial charge in [-0.25, -0.2) is 26.4 Å². The maximum absolute atomic E-state index is 14.5. The number of alkyl halides is 6. The summed E-state index contributed by atoms with van der Waals surface area (Å²) < 4.78 is 160. The third-order valence-electron chi connectivity index (χ3n) is 9.29. The van der Waals surface area contributed by atoms with Crippen molar-refractivity contribution in [1.29, 1.82) is 0 Å². The van der Waals surface area contributed by atoms with Crippen molar-refractivity contribution in [1.82, 2.24) is 9.80 Å². The average molecular weight is 753 g/mol. The first-order valence-electron chi connectivity index (χ1n) is 15.3. The van der Waals surface area contributed by atoms with Crippen LogP contribution in [0.25, 0.3) is 0 Å². The van der Waals surface area contributed by atoms with E-state index < -0.39 is 104 Å². The van der Waals surface area contributed by atoms with Crippen LogP contribution < -0.4 is 0 Å². The first-order valence-corrected chi connectivity index (χ1v) is 16.8. The Morgan fingerprint density at radius 1 is 0.843 bits per heavy atom. The second kappa shape index (κ2) is 13.7. The van der Waals surface area contributed by atoms with Gasteiger partial charge in [-0.2, -0.15) is 26.3 Å². The van der Waals surface area contributed by atoms with Crippen LogP contribution in [0.1, 0.15) is 36.0 Å². The number of benzene rings is 3. The van der Waals surface area contributed by atoms with E-state index in [9.17, 15) is 62.6 Å². The number of sulfone groups is 1. The van der Waals surface area contributed by atoms with Gasteiger partial charge < -0.3 is 19.6 Å². The van der Waals surface area contributed by atoms with E-state index in [4.69, 9.17) is 0 Å². The van der Waals surface area contributed by atoms with Crippen LogP contribution in [0.2, 0.25) is 0 Å². The van der Waals surface area contributed by atoms with Crippen molar-refractivity contribution in [2.45, 2.75) is 53.5 Å². The smallest absolute Gasteiger partial charge is 0.430 e. The maximum atomic E-state index is 14.5. The van der Waals surface area contributed by atoms with Crippen molar-refractivity contribution in [3.8, 4) is 0 Å². The molecule has 0 aliphatic carbocycles. The molecule has 2 aliphatic heterocycles. The summed E-state index contributed by atoms with van der Waals surface area (Å²) in [5, 5.41) is 9.44. The van der Waals surface area contributed by atoms with Crippen molar-refractivity contribution < 1.29 is 67.4 Å². The van der Waals surface area contributed by atoms with Crippen molar-refractivity contribution in [3.63, 3.8) is 0 Å². The van der Waals surface area contributed by atoms with Gasteiger partial charge in [0.15, 0.2) is 9.84 Å². The van der Waals surface area contributed by atoms with Gasteiger partial charge in [-0.05, 0) is 61.2 Å². The molecule has 2 saturated heterocycles. The molecular weight excluding hydrogens is 723 g/mol. The minimum Gasteiger partial charge on any atom is -0.481 e. The summed E-state index contributed by atoms with van der Waals surface area (Å²) in [5.41, 5.74) is -8.25. The number of hydrogen-bond acceptors (Lipinski definition) is 5. The molecule has 2 amide bonds. The molecular formula is C33H29F9N2O6S. The molecule has 2 aliphatic rings. The predicted octanol–water partition coefficient (Wildman–Crippen LogP) is 6.93. The van der Waals surface area contributed by atoms with Gasteiger partial charge in [-0.15, -0.1) is 0 Å². The first kappa shape index (κ1) is 37.9. The second-order valence-electron chi connectivity index (χ2n) is 12.3. The van der Waals surface area contributed by atoms with Crippen molar-refractivity contribution in [3.05, 3.63) is 101 Å². The summed E-state index contributed by atoms with van der Waals surface area (Å²) in [7, 11) is -4.68. The molecule has 2 heterocycles. The maximum Gasteiger partial charge on any atom is 0.430 e. The van der Waals surface area contributed by atoms with Gasteiger partial charge >= 0.3 is 24.4 Å². The normalized spacial score (nSPS) is 20.5. The molecule has 3 aromatic rings. The fourth-order valence-electron chi connectivity index (χ4n) is 6.54. The number of urea groups is 1. The fraction of sp³-hybridized carbons (Fsp3) is 0.394. The lowest BCUT2D eigenvalue weighted by Crippen LogP contribution is -2.56. The lowest BCUT2D eigenvalue weighted by molar-refractivity contribution is -0.392. The van der Waals surface area contributed by atoms with Crippen LogP contribution >= 0.6 is 0 Å². The second-order valence-corrected chi connectivity index (χ2v) is 14.5. The third kappa shape index (κ3) is 6.74. The van der Waals surface area contributed by atoms with Gasteiger partial charge in [-0.3, -0.25) is 4.79 Å². The Morgan fingerprint density at radius 2 is 1.43 bits per heavy atom. The molecule has 1 N–H and O–H groups in total. The number of ether oxygens (including phenoxy) is 1. The highest BCUT2D eigenvalue weighted by Gasteiger charge is 2.73. The number of likely N-dealkylation sites (tertiary alicyclic amines) is 2. The van der Waals surface area contributed by atoms with Gasteiger partial charge in [-0.1, -0.05) is 30.3 Å². The quantitative estimate of drug-likeness (QED) is 0.198. The van der Waals surface area contributed by atoms with E-state index in [0.29, 0.717) is 49.2 Å². The number of halogens is 9. The number of carboxylic acids is 1. The molecule has 0 saturated carbocycles. The van der Waals surface area contributed by atoms with E-state index >= 15 is 0 Å². The topological polar surface area (TPSA) is 104 Å². The van der Waals surface area contributed by atoms with Crippen LogP contribution in [0.5, 0.6) is 0 Å². The minimum absolute atomic E-state index is 0.152. The molecule has 3 aromatic carbocycles. The van der Waals surface area contributed by atoms with Crippen LogP contribution in [0.3, 0.4) is 0 Å². The summed E-state index contributed by atoms with van der Waals surface area (Å²) in [4.78, 5) is 27.0. The summed E-state index contributed by atoms with van der Waals surface area (Å²) in [6, 6.07) is 6.92. The molecule has 276 valence electrons. The number of rotatable bonds is 8. The number of nitrogens with zero attached hydrogens (tertiary/aromatic N) is 2. The van der Waals surface area contributed by atoms with Crippen LogP contribution in [-0.2, 0) is 36.3 Å². The lowest BCUT2D eigenvalue weighted by Gasteiger charge is -2.38. The Morgan fingerprint density at radius 3 is 1.98 bits per heavy atom. The first-order chi connectivity index (χ1) is 23.7. The molecule has 18 heteroatoms. The van der Waals surface area contributed by atoms with Gasteiger partial charge in [0, 0.05) is 37.3 Å². The van der Waals surface area contributed by atoms with Crippen LogP contribution in [0, 0.1) is 23.4 Å². The van der Waals surface area contributed by atoms with Crippen LogP contribution in [-0.4, -0.2) is 73.9 Å². The predicted molar refractivity (Wildman–Crippen MR) is 160 cm³/mol. The number of piperidine rings is 1. The third-order valence-corrected chi connectivity index (χ3v) is 11.8. The number of carboxylic acid groups (broad SMARTS) is 1. The van der Waals surface area contributed by atoms with Crippen LogP contribution in [0.4, 0.5) is 44.3 Å². The molecule has 51 heavy (non-hydrogen) atoms. The average Bonchev–Trinajstić information content (AvgIpc) is 3.53. The van der Waals surface area contributed by atoms with E-state index in [1.54, 1.807) is 0 Å². The number of carbonyl (C=O) groups excluding carboxylic acids is 1. The van der Waals surface area contributed by atoms with E-state index in [0.717, 1.165) is 35.2 Å². The summed E-state index contributed by atoms with van der Waals surface area (Å²) in [6.45, 7) is -2.73. The highest BCUT2D eigenvalue weighted by molar-refractivity contribution is 7.92. The highest BCUT2D eigenvalue weighted by atomic mass is 32.2. The Hall–Kier alpha value is -4.32. The number of hydrogen-bond donors (Lipinski definition) is 1. The number of amides is 2. The summed E-state index contributed by atoms with van der Waals surface area (Å²) in [5.74, 6) is -5.75. The SMILES string of the molecule is O=C(O)C1CCCN(C(=O)N2CCC(c3ccc(C(OCc4c(F)cccc4F)(C(F)(F)F)C(F)(F)F)cc3)(S(=O)(=O)c3ccc(F)cc3)C2)C1. The van der Waals surface area contributed by atoms with Crippen LogP contribution in [0.15, 0.2) is 71.6 Å². The van der Waals surface area contributed by atoms with E-state index in [1.165, 1.54) is 4.90 Å². The Balaban J connectivity index is 1.58. The molecule has 0 aromatic heterocycles. The standard InChI is InChI=1S/C33H29F9N2O6S/c34-23-10-12-24(13-11-23)51(48,49)30(14-16-44(19-30)29(47)43-15-2-3-20(17-43)28(45)46)21-6-8-22(9-7-21)31(32(37,38)39,33(40,41)42)50-18-25-26(35)4-1-5-27(25)36/h1,4-13,20H,2-3,14-19H2,(H,45,46). The van der Waals surface area contributed by atoms with Gasteiger partial charge in [0.2, 0.25) is 0 Å². The molecule has 5 rings (SSSR count). The highest BCUT2D eigenvalue weighted by Crippen LogP contribution is 2.54. The zero-order valence-electron chi connectivity index (χ0n) is 26.3. The van der Waals surface area contributed by atoms with Gasteiger partial charge in [0.05, 0.1) is 17.4 Å². The fourth-order valence-corrected chi connectivity index (χ4v) is 8.62. The van der Waals surface area contributed by atoms with E-state index in [-0.39, 0.29) is 25.2 Å². The zero-order valence-corrected chi connectivity index (χ0v) is 27.1. The molecule has 2 atom stereocenters. The number of aliphatic carboxylic acids is 1. The van der Waals surface area contributed by atoms with E-state index in [1.807, 2.05) is 0 Å². The van der Waals surface area contributed by atoms with E-state index in [2.05, 4.69) is 4.74 Å². The van der Waals surface area contributed by atoms with Crippen molar-refractivity contribution in [2.75, 3.05) is 26.2 Å². The summed E-state index contributed by atoms with van der Waals surface area (Å²) >= 11 is 0. The van der Waals surface area contributed by atoms with Gasteiger partial charge in [0.25, 0.3) is 5.60 Å². The Bertz CT molecular complexity index is 1850. The largest absolute Gasteiger partial charge is 0.481 e. The Labute approximate surface area is 285 Å². The van der Waals surface area contributed by atoms with Crippen molar-refractivity contribution in [2.24, 2.45) is 5.92 Å². The monoisotopic (exact) mass is 752 g/mol. The van der Waals surface area contributed by atoms with Gasteiger partial charge in [0.1, 0.15) is 22.2 Å². The van der Waals surface area contributed by atoms with Crippen molar-refractivity contribution >= 4 is 21.8 Å². The number of carbonyl (C=O) groups is 2. The summed E-state index contributed by atoms with van der Waals surface area (Å²) in [6.07, 6.45) is -12.3. The zero-order chi connectivity index (χ0) is 37.6. The molecule has 2 unspecified atom stereocenters. The molecule has 8 nitrogen and oxygen atoms in total. The Kier molecular flexibility index (Phi) is 10.2. The lowest BCUT2D eigenvalue weighted by atomic mass is 9.88. The molecule has 0 spiro atoms. The molecule has 2 fully saturated rings.